The summed E-state index contributed by atoms with van der Waals surface area (Å²) in [5.74, 6) is -0.00191. The number of hydrogen-bond acceptors (Lipinski definition) is 3. The van der Waals surface area contributed by atoms with E-state index >= 15 is 0 Å². The van der Waals surface area contributed by atoms with Gasteiger partial charge in [-0.3, -0.25) is 9.59 Å². The van der Waals surface area contributed by atoms with Crippen LogP contribution in [0, 0.1) is 6.92 Å². The van der Waals surface area contributed by atoms with Gasteiger partial charge in [0.25, 0.3) is 5.91 Å². The van der Waals surface area contributed by atoms with Crippen molar-refractivity contribution >= 4 is 22.5 Å². The van der Waals surface area contributed by atoms with Crippen LogP contribution in [0.3, 0.4) is 0 Å². The second-order valence-corrected chi connectivity index (χ2v) is 6.41. The van der Waals surface area contributed by atoms with E-state index in [1.165, 1.54) is 6.26 Å². The molecule has 2 heterocycles. The molecule has 2 aromatic carbocycles. The van der Waals surface area contributed by atoms with Crippen LogP contribution < -0.4 is 10.5 Å². The van der Waals surface area contributed by atoms with E-state index < -0.39 is 0 Å². The van der Waals surface area contributed by atoms with E-state index in [4.69, 9.17) is 4.42 Å². The Morgan fingerprint density at radius 1 is 1.04 bits per heavy atom. The summed E-state index contributed by atoms with van der Waals surface area (Å²) >= 11 is 0. The van der Waals surface area contributed by atoms with Gasteiger partial charge in [-0.2, -0.15) is 0 Å². The fourth-order valence-electron chi connectivity index (χ4n) is 3.12. The number of carbonyl (C=O) groups is 1. The van der Waals surface area contributed by atoms with Crippen LogP contribution in [0.2, 0.25) is 0 Å². The maximum atomic E-state index is 13.1. The predicted molar refractivity (Wildman–Crippen MR) is 105 cm³/mol. The minimum Gasteiger partial charge on any atom is -0.459 e. The van der Waals surface area contributed by atoms with E-state index in [9.17, 15) is 9.59 Å². The molecule has 27 heavy (non-hydrogen) atoms. The van der Waals surface area contributed by atoms with Gasteiger partial charge in [0.05, 0.1) is 12.8 Å². The molecule has 0 fully saturated rings. The standard InChI is InChI=1S/C22H18N2O3/c1-15-8-10-17(11-9-15)24(22(26)20-7-4-12-27-20)14-16-13-21(25)23-19-6-3-2-5-18(16)19/h2-13H,14H2,1H3,(H,23,25). The fraction of sp³-hybridized carbons (Fsp3) is 0.0909. The lowest BCUT2D eigenvalue weighted by Crippen LogP contribution is -2.30. The van der Waals surface area contributed by atoms with Gasteiger partial charge in [0, 0.05) is 22.7 Å². The Balaban J connectivity index is 1.81. The van der Waals surface area contributed by atoms with Crippen LogP contribution in [0.25, 0.3) is 10.9 Å². The number of carbonyl (C=O) groups excluding carboxylic acids is 1. The number of amides is 1. The van der Waals surface area contributed by atoms with Crippen LogP contribution in [-0.2, 0) is 6.54 Å². The average molecular weight is 358 g/mol. The summed E-state index contributed by atoms with van der Waals surface area (Å²) < 4.78 is 5.31. The first kappa shape index (κ1) is 16.8. The quantitative estimate of drug-likeness (QED) is 0.592. The first-order valence-corrected chi connectivity index (χ1v) is 8.65. The van der Waals surface area contributed by atoms with E-state index in [-0.39, 0.29) is 23.8 Å². The first-order valence-electron chi connectivity index (χ1n) is 8.65. The Hall–Kier alpha value is -3.60. The molecule has 0 aliphatic rings. The molecule has 0 saturated heterocycles. The Kier molecular flexibility index (Phi) is 4.34. The molecule has 134 valence electrons. The van der Waals surface area contributed by atoms with Crippen LogP contribution >= 0.6 is 0 Å². The number of hydrogen-bond donors (Lipinski definition) is 1. The number of rotatable bonds is 4. The Labute approximate surface area is 155 Å². The molecule has 0 saturated carbocycles. The molecule has 1 N–H and O–H groups in total. The zero-order valence-electron chi connectivity index (χ0n) is 14.8. The van der Waals surface area contributed by atoms with Crippen molar-refractivity contribution in [2.45, 2.75) is 13.5 Å². The van der Waals surface area contributed by atoms with Crippen molar-refractivity contribution < 1.29 is 9.21 Å². The summed E-state index contributed by atoms with van der Waals surface area (Å²) in [4.78, 5) is 29.6. The molecule has 5 heteroatoms. The monoisotopic (exact) mass is 358 g/mol. The molecular weight excluding hydrogens is 340 g/mol. The maximum absolute atomic E-state index is 13.1. The molecule has 0 unspecified atom stereocenters. The van der Waals surface area contributed by atoms with Gasteiger partial charge in [0.1, 0.15) is 0 Å². The zero-order valence-corrected chi connectivity index (χ0v) is 14.8. The van der Waals surface area contributed by atoms with E-state index in [1.54, 1.807) is 23.1 Å². The van der Waals surface area contributed by atoms with Crippen molar-refractivity contribution in [2.24, 2.45) is 0 Å². The SMILES string of the molecule is Cc1ccc(N(Cc2cc(=O)[nH]c3ccccc23)C(=O)c2ccco2)cc1. The summed E-state index contributed by atoms with van der Waals surface area (Å²) in [6, 6.07) is 20.1. The second-order valence-electron chi connectivity index (χ2n) is 6.41. The number of benzene rings is 2. The normalized spacial score (nSPS) is 10.9. The van der Waals surface area contributed by atoms with Crippen LogP contribution in [0.15, 0.2) is 82.2 Å². The lowest BCUT2D eigenvalue weighted by Gasteiger charge is -2.23. The zero-order chi connectivity index (χ0) is 18.8. The highest BCUT2D eigenvalue weighted by Crippen LogP contribution is 2.23. The summed E-state index contributed by atoms with van der Waals surface area (Å²) in [5, 5.41) is 0.904. The molecule has 5 nitrogen and oxygen atoms in total. The van der Waals surface area contributed by atoms with Crippen LogP contribution in [0.4, 0.5) is 5.69 Å². The number of nitrogens with one attached hydrogen (secondary N) is 1. The average Bonchev–Trinajstić information content (AvgIpc) is 3.21. The molecule has 0 atom stereocenters. The molecule has 4 aromatic rings. The molecule has 0 aliphatic carbocycles. The third-order valence-electron chi connectivity index (χ3n) is 4.49. The van der Waals surface area contributed by atoms with Gasteiger partial charge in [-0.1, -0.05) is 35.9 Å². The number of furan rings is 1. The van der Waals surface area contributed by atoms with Gasteiger partial charge in [-0.15, -0.1) is 0 Å². The van der Waals surface area contributed by atoms with E-state index in [1.807, 2.05) is 55.5 Å². The summed E-state index contributed by atoms with van der Waals surface area (Å²) in [7, 11) is 0. The van der Waals surface area contributed by atoms with E-state index in [0.29, 0.717) is 0 Å². The number of nitrogens with zero attached hydrogens (tertiary/aromatic N) is 1. The minimum absolute atomic E-state index is 0.196. The van der Waals surface area contributed by atoms with Gasteiger partial charge < -0.3 is 14.3 Å². The summed E-state index contributed by atoms with van der Waals surface area (Å²) in [6.07, 6.45) is 1.48. The smallest absolute Gasteiger partial charge is 0.294 e. The fourth-order valence-corrected chi connectivity index (χ4v) is 3.12. The summed E-state index contributed by atoms with van der Waals surface area (Å²) in [6.45, 7) is 2.25. The van der Waals surface area contributed by atoms with Crippen LogP contribution in [0.1, 0.15) is 21.7 Å². The Morgan fingerprint density at radius 3 is 2.56 bits per heavy atom. The van der Waals surface area contributed by atoms with E-state index in [0.717, 1.165) is 27.7 Å². The second kappa shape index (κ2) is 6.96. The molecular formula is C22H18N2O3. The van der Waals surface area contributed by atoms with Gasteiger partial charge in [0.2, 0.25) is 5.56 Å². The van der Waals surface area contributed by atoms with Crippen molar-refractivity contribution in [3.05, 3.63) is 100 Å². The van der Waals surface area contributed by atoms with Gasteiger partial charge in [-0.25, -0.2) is 0 Å². The van der Waals surface area contributed by atoms with Crippen molar-refractivity contribution in [2.75, 3.05) is 4.90 Å². The minimum atomic E-state index is -0.256. The molecule has 0 bridgehead atoms. The van der Waals surface area contributed by atoms with Gasteiger partial charge >= 0.3 is 0 Å². The lowest BCUT2D eigenvalue weighted by atomic mass is 10.1. The molecule has 0 spiro atoms. The highest BCUT2D eigenvalue weighted by Gasteiger charge is 2.21. The summed E-state index contributed by atoms with van der Waals surface area (Å²) in [5.41, 5.74) is 3.17. The third kappa shape index (κ3) is 3.40. The third-order valence-corrected chi connectivity index (χ3v) is 4.49. The lowest BCUT2D eigenvalue weighted by molar-refractivity contribution is 0.0958. The number of aromatic nitrogens is 1. The number of H-pyrrole nitrogens is 1. The number of anilines is 1. The highest BCUT2D eigenvalue weighted by molar-refractivity contribution is 6.04. The topological polar surface area (TPSA) is 66.3 Å². The number of aryl methyl sites for hydroxylation is 1. The van der Waals surface area contributed by atoms with E-state index in [2.05, 4.69) is 4.98 Å². The number of pyridine rings is 1. The molecule has 1 amide bonds. The Bertz CT molecular complexity index is 1140. The molecule has 0 radical (unpaired) electrons. The number of fused-ring (bicyclic) bond motifs is 1. The molecule has 4 rings (SSSR count). The molecule has 2 aromatic heterocycles. The highest BCUT2D eigenvalue weighted by atomic mass is 16.3. The van der Waals surface area contributed by atoms with Crippen molar-refractivity contribution in [1.29, 1.82) is 0 Å². The van der Waals surface area contributed by atoms with Crippen molar-refractivity contribution in [3.63, 3.8) is 0 Å². The Morgan fingerprint density at radius 2 is 1.81 bits per heavy atom. The van der Waals surface area contributed by atoms with Gasteiger partial charge in [-0.05, 0) is 42.8 Å². The number of para-hydroxylation sites is 1. The largest absolute Gasteiger partial charge is 0.459 e. The van der Waals surface area contributed by atoms with Crippen molar-refractivity contribution in [1.82, 2.24) is 4.98 Å². The van der Waals surface area contributed by atoms with Crippen LogP contribution in [-0.4, -0.2) is 10.9 Å². The molecule has 0 aliphatic heterocycles. The predicted octanol–water partition coefficient (Wildman–Crippen LogP) is 4.28. The van der Waals surface area contributed by atoms with Crippen LogP contribution in [0.5, 0.6) is 0 Å². The first-order chi connectivity index (χ1) is 13.1. The van der Waals surface area contributed by atoms with Gasteiger partial charge in [0.15, 0.2) is 5.76 Å². The maximum Gasteiger partial charge on any atom is 0.294 e. The number of aromatic amines is 1. The van der Waals surface area contributed by atoms with Crippen molar-refractivity contribution in [3.8, 4) is 0 Å².